The van der Waals surface area contributed by atoms with E-state index in [1.165, 1.54) is 36.4 Å². The predicted octanol–water partition coefficient (Wildman–Crippen LogP) is 2.57. The summed E-state index contributed by atoms with van der Waals surface area (Å²) in [6, 6.07) is 11.5. The third-order valence-corrected chi connectivity index (χ3v) is 7.51. The topological polar surface area (TPSA) is 136 Å². The van der Waals surface area contributed by atoms with Gasteiger partial charge in [-0.1, -0.05) is 23.3 Å². The molecule has 0 saturated heterocycles. The van der Waals surface area contributed by atoms with Gasteiger partial charge in [0.25, 0.3) is 5.91 Å². The van der Waals surface area contributed by atoms with Crippen LogP contribution in [0.5, 0.6) is 0 Å². The molecular weight excluding hydrogens is 430 g/mol. The van der Waals surface area contributed by atoms with Crippen molar-refractivity contribution in [3.05, 3.63) is 54.1 Å². The molecule has 0 bridgehead atoms. The standard InChI is InChI=1S/C19H19N3O6S2/c1-12(2)30(26,27)14-8-6-7-13(11-14)18-21-22-19(28-18)20-17(23)15-9-4-5-10-16(15)29(3,24)25/h4-12H,1-3H3,(H,20,22,23). The lowest BCUT2D eigenvalue weighted by Gasteiger charge is -2.08. The minimum absolute atomic E-state index is 0.00232. The number of hydrogen-bond acceptors (Lipinski definition) is 8. The van der Waals surface area contributed by atoms with Gasteiger partial charge in [0.15, 0.2) is 19.7 Å². The Labute approximate surface area is 174 Å². The van der Waals surface area contributed by atoms with E-state index in [9.17, 15) is 21.6 Å². The zero-order chi connectivity index (χ0) is 22.1. The largest absolute Gasteiger partial charge is 0.403 e. The lowest BCUT2D eigenvalue weighted by molar-refractivity contribution is 0.102. The zero-order valence-electron chi connectivity index (χ0n) is 16.4. The molecule has 0 unspecified atom stereocenters. The van der Waals surface area contributed by atoms with Crippen LogP contribution >= 0.6 is 0 Å². The Hall–Kier alpha value is -3.05. The quantitative estimate of drug-likeness (QED) is 0.606. The van der Waals surface area contributed by atoms with Crippen molar-refractivity contribution in [1.29, 1.82) is 0 Å². The number of nitrogens with one attached hydrogen (secondary N) is 1. The summed E-state index contributed by atoms with van der Waals surface area (Å²) in [5.74, 6) is -0.732. The van der Waals surface area contributed by atoms with Crippen molar-refractivity contribution in [2.45, 2.75) is 28.9 Å². The summed E-state index contributed by atoms with van der Waals surface area (Å²) in [7, 11) is -7.11. The molecule has 1 heterocycles. The van der Waals surface area contributed by atoms with Crippen molar-refractivity contribution < 1.29 is 26.0 Å². The van der Waals surface area contributed by atoms with Gasteiger partial charge in [0, 0.05) is 11.8 Å². The first-order valence-corrected chi connectivity index (χ1v) is 12.2. The van der Waals surface area contributed by atoms with Gasteiger partial charge in [-0.25, -0.2) is 16.8 Å². The number of benzene rings is 2. The molecule has 3 aromatic rings. The van der Waals surface area contributed by atoms with E-state index in [0.29, 0.717) is 5.56 Å². The number of carbonyl (C=O) groups is 1. The second kappa shape index (κ2) is 8.00. The molecule has 0 atom stereocenters. The van der Waals surface area contributed by atoms with Crippen LogP contribution in [0, 0.1) is 0 Å². The van der Waals surface area contributed by atoms with Crippen molar-refractivity contribution in [2.24, 2.45) is 0 Å². The molecule has 1 aromatic heterocycles. The number of sulfone groups is 2. The van der Waals surface area contributed by atoms with Gasteiger partial charge in [0.05, 0.1) is 20.6 Å². The normalized spacial score (nSPS) is 12.1. The van der Waals surface area contributed by atoms with Gasteiger partial charge in [0.2, 0.25) is 5.89 Å². The summed E-state index contributed by atoms with van der Waals surface area (Å²) in [5, 5.41) is 9.32. The number of amides is 1. The highest BCUT2D eigenvalue weighted by atomic mass is 32.2. The molecule has 1 amide bonds. The van der Waals surface area contributed by atoms with Crippen molar-refractivity contribution in [3.8, 4) is 11.5 Å². The fourth-order valence-electron chi connectivity index (χ4n) is 2.61. The highest BCUT2D eigenvalue weighted by molar-refractivity contribution is 7.92. The molecule has 11 heteroatoms. The maximum absolute atomic E-state index is 12.5. The van der Waals surface area contributed by atoms with Gasteiger partial charge in [-0.05, 0) is 44.2 Å². The van der Waals surface area contributed by atoms with E-state index in [0.717, 1.165) is 6.26 Å². The average Bonchev–Trinajstić information content (AvgIpc) is 3.15. The first-order valence-electron chi connectivity index (χ1n) is 8.78. The number of rotatable bonds is 6. The van der Waals surface area contributed by atoms with E-state index in [1.807, 2.05) is 0 Å². The molecule has 0 aliphatic heterocycles. The Kier molecular flexibility index (Phi) is 5.77. The highest BCUT2D eigenvalue weighted by Crippen LogP contribution is 2.25. The van der Waals surface area contributed by atoms with E-state index < -0.39 is 30.8 Å². The van der Waals surface area contributed by atoms with Gasteiger partial charge < -0.3 is 4.42 Å². The van der Waals surface area contributed by atoms with E-state index in [-0.39, 0.29) is 27.3 Å². The Morgan fingerprint density at radius 2 is 1.70 bits per heavy atom. The van der Waals surface area contributed by atoms with E-state index in [4.69, 9.17) is 4.42 Å². The number of aromatic nitrogens is 2. The van der Waals surface area contributed by atoms with Gasteiger partial charge in [-0.15, -0.1) is 5.10 Å². The molecule has 3 rings (SSSR count). The maximum atomic E-state index is 12.5. The van der Waals surface area contributed by atoms with Gasteiger partial charge >= 0.3 is 6.01 Å². The molecule has 0 aliphatic carbocycles. The Balaban J connectivity index is 1.88. The fourth-order valence-corrected chi connectivity index (χ4v) is 4.60. The zero-order valence-corrected chi connectivity index (χ0v) is 18.0. The lowest BCUT2D eigenvalue weighted by Crippen LogP contribution is -2.16. The molecule has 0 fully saturated rings. The molecular formula is C19H19N3O6S2. The number of anilines is 1. The van der Waals surface area contributed by atoms with Crippen LogP contribution in [-0.4, -0.2) is 44.4 Å². The molecule has 30 heavy (non-hydrogen) atoms. The van der Waals surface area contributed by atoms with Crippen LogP contribution in [0.2, 0.25) is 0 Å². The van der Waals surface area contributed by atoms with E-state index in [1.54, 1.807) is 26.0 Å². The van der Waals surface area contributed by atoms with E-state index >= 15 is 0 Å². The Morgan fingerprint density at radius 1 is 1.00 bits per heavy atom. The van der Waals surface area contributed by atoms with Crippen LogP contribution in [0.15, 0.2) is 62.7 Å². The molecule has 0 aliphatic rings. The summed E-state index contributed by atoms with van der Waals surface area (Å²) in [4.78, 5) is 12.5. The predicted molar refractivity (Wildman–Crippen MR) is 110 cm³/mol. The molecule has 1 N–H and O–H groups in total. The SMILES string of the molecule is CC(C)S(=O)(=O)c1cccc(-c2nnc(NC(=O)c3ccccc3S(C)(=O)=O)o2)c1. The second-order valence-electron chi connectivity index (χ2n) is 6.76. The van der Waals surface area contributed by atoms with Crippen molar-refractivity contribution in [2.75, 3.05) is 11.6 Å². The summed E-state index contributed by atoms with van der Waals surface area (Å²) in [5.41, 5.74) is 0.297. The summed E-state index contributed by atoms with van der Waals surface area (Å²) < 4.78 is 53.9. The van der Waals surface area contributed by atoms with Crippen LogP contribution in [0.1, 0.15) is 24.2 Å². The third-order valence-electron chi connectivity index (χ3n) is 4.21. The molecule has 0 spiro atoms. The van der Waals surface area contributed by atoms with Crippen LogP contribution in [0.25, 0.3) is 11.5 Å². The van der Waals surface area contributed by atoms with Crippen molar-refractivity contribution in [3.63, 3.8) is 0 Å². The smallest absolute Gasteiger partial charge is 0.322 e. The number of carbonyl (C=O) groups excluding carboxylic acids is 1. The first-order chi connectivity index (χ1) is 14.0. The summed E-state index contributed by atoms with van der Waals surface area (Å²) >= 11 is 0. The maximum Gasteiger partial charge on any atom is 0.322 e. The average molecular weight is 450 g/mol. The van der Waals surface area contributed by atoms with Crippen LogP contribution in [-0.2, 0) is 19.7 Å². The fraction of sp³-hybridized carbons (Fsp3) is 0.211. The second-order valence-corrected chi connectivity index (χ2v) is 11.2. The van der Waals surface area contributed by atoms with Gasteiger partial charge in [-0.3, -0.25) is 10.1 Å². The van der Waals surface area contributed by atoms with Crippen molar-refractivity contribution >= 4 is 31.6 Å². The van der Waals surface area contributed by atoms with Crippen LogP contribution in [0.3, 0.4) is 0 Å². The van der Waals surface area contributed by atoms with Crippen molar-refractivity contribution in [1.82, 2.24) is 10.2 Å². The molecule has 0 radical (unpaired) electrons. The number of nitrogens with zero attached hydrogens (tertiary/aromatic N) is 2. The Bertz CT molecular complexity index is 1310. The highest BCUT2D eigenvalue weighted by Gasteiger charge is 2.22. The molecule has 158 valence electrons. The van der Waals surface area contributed by atoms with Crippen LogP contribution < -0.4 is 5.32 Å². The summed E-state index contributed by atoms with van der Waals surface area (Å²) in [6.07, 6.45) is 1.00. The summed E-state index contributed by atoms with van der Waals surface area (Å²) in [6.45, 7) is 3.16. The Morgan fingerprint density at radius 3 is 2.37 bits per heavy atom. The van der Waals surface area contributed by atoms with Gasteiger partial charge in [-0.2, -0.15) is 0 Å². The van der Waals surface area contributed by atoms with Gasteiger partial charge in [0.1, 0.15) is 0 Å². The molecule has 9 nitrogen and oxygen atoms in total. The third kappa shape index (κ3) is 4.41. The minimum atomic E-state index is -3.62. The minimum Gasteiger partial charge on any atom is -0.403 e. The monoisotopic (exact) mass is 449 g/mol. The van der Waals surface area contributed by atoms with Crippen LogP contribution in [0.4, 0.5) is 6.01 Å². The lowest BCUT2D eigenvalue weighted by atomic mass is 10.2. The number of hydrogen-bond donors (Lipinski definition) is 1. The molecule has 0 saturated carbocycles. The van der Waals surface area contributed by atoms with E-state index in [2.05, 4.69) is 15.5 Å². The molecule has 2 aromatic carbocycles. The first kappa shape index (κ1) is 21.7.